The quantitative estimate of drug-likeness (QED) is 0.797. The molecule has 106 valence electrons. The largest absolute Gasteiger partial charge is 0.327 e. The molecule has 0 spiro atoms. The summed E-state index contributed by atoms with van der Waals surface area (Å²) in [6, 6.07) is 0.210. The van der Waals surface area contributed by atoms with Crippen LogP contribution in [0.2, 0.25) is 0 Å². The molecule has 0 aromatic heterocycles. The smallest absolute Gasteiger partial charge is 0.150 e. The average molecular weight is 273 g/mol. The minimum atomic E-state index is -2.78. The molecule has 3 nitrogen and oxygen atoms in total. The lowest BCUT2D eigenvalue weighted by Gasteiger charge is -2.42. The van der Waals surface area contributed by atoms with Crippen LogP contribution in [0, 0.1) is 23.2 Å². The summed E-state index contributed by atoms with van der Waals surface area (Å²) in [4.78, 5) is 0. The lowest BCUT2D eigenvalue weighted by Crippen LogP contribution is -2.43. The third kappa shape index (κ3) is 3.08. The molecule has 4 heteroatoms. The van der Waals surface area contributed by atoms with Gasteiger partial charge in [0, 0.05) is 6.04 Å². The SMILES string of the molecule is CC(C)(C)C1CCC(N)C(C2CCS(=O)(=O)C2)C1. The van der Waals surface area contributed by atoms with Gasteiger partial charge >= 0.3 is 0 Å². The Hall–Kier alpha value is -0.0900. The maximum absolute atomic E-state index is 11.6. The Balaban J connectivity index is 2.07. The summed E-state index contributed by atoms with van der Waals surface area (Å²) in [6.07, 6.45) is 4.20. The Morgan fingerprint density at radius 3 is 2.28 bits per heavy atom. The molecule has 0 aromatic carbocycles. The topological polar surface area (TPSA) is 60.2 Å². The fourth-order valence-electron chi connectivity index (χ4n) is 3.72. The van der Waals surface area contributed by atoms with E-state index >= 15 is 0 Å². The second kappa shape index (κ2) is 4.78. The molecule has 1 saturated heterocycles. The van der Waals surface area contributed by atoms with Crippen molar-refractivity contribution in [2.75, 3.05) is 11.5 Å². The van der Waals surface area contributed by atoms with Gasteiger partial charge in [-0.1, -0.05) is 20.8 Å². The average Bonchev–Trinajstić information content (AvgIpc) is 2.57. The normalized spacial score (nSPS) is 40.9. The number of sulfone groups is 1. The first-order chi connectivity index (χ1) is 8.19. The predicted molar refractivity (Wildman–Crippen MR) is 75.0 cm³/mol. The van der Waals surface area contributed by atoms with Crippen LogP contribution >= 0.6 is 0 Å². The highest BCUT2D eigenvalue weighted by atomic mass is 32.2. The van der Waals surface area contributed by atoms with E-state index in [4.69, 9.17) is 5.73 Å². The molecule has 2 N–H and O–H groups in total. The van der Waals surface area contributed by atoms with E-state index in [2.05, 4.69) is 20.8 Å². The molecule has 1 heterocycles. The van der Waals surface area contributed by atoms with Gasteiger partial charge in [-0.05, 0) is 48.9 Å². The van der Waals surface area contributed by atoms with Crippen molar-refractivity contribution in [3.63, 3.8) is 0 Å². The molecule has 1 aliphatic heterocycles. The molecule has 1 aliphatic carbocycles. The lowest BCUT2D eigenvalue weighted by molar-refractivity contribution is 0.101. The van der Waals surface area contributed by atoms with Crippen molar-refractivity contribution in [3.05, 3.63) is 0 Å². The molecule has 1 saturated carbocycles. The summed E-state index contributed by atoms with van der Waals surface area (Å²) in [6.45, 7) is 6.87. The van der Waals surface area contributed by atoms with Crippen LogP contribution < -0.4 is 5.73 Å². The third-order valence-electron chi connectivity index (χ3n) is 5.05. The van der Waals surface area contributed by atoms with Gasteiger partial charge in [-0.15, -0.1) is 0 Å². The molecule has 4 atom stereocenters. The molecule has 2 aliphatic rings. The van der Waals surface area contributed by atoms with Crippen molar-refractivity contribution >= 4 is 9.84 Å². The summed E-state index contributed by atoms with van der Waals surface area (Å²) < 4.78 is 23.3. The first-order valence-corrected chi connectivity index (χ1v) is 8.97. The summed E-state index contributed by atoms with van der Waals surface area (Å²) in [5.74, 6) is 2.17. The van der Waals surface area contributed by atoms with Crippen molar-refractivity contribution in [1.29, 1.82) is 0 Å². The zero-order chi connectivity index (χ0) is 13.6. The summed E-state index contributed by atoms with van der Waals surface area (Å²) in [7, 11) is -2.78. The van der Waals surface area contributed by atoms with Crippen LogP contribution in [0.4, 0.5) is 0 Å². The van der Waals surface area contributed by atoms with Crippen molar-refractivity contribution in [2.45, 2.75) is 52.5 Å². The van der Waals surface area contributed by atoms with Crippen molar-refractivity contribution < 1.29 is 8.42 Å². The maximum Gasteiger partial charge on any atom is 0.150 e. The van der Waals surface area contributed by atoms with Crippen LogP contribution in [-0.2, 0) is 9.84 Å². The van der Waals surface area contributed by atoms with Gasteiger partial charge in [0.2, 0.25) is 0 Å². The molecule has 0 bridgehead atoms. The van der Waals surface area contributed by atoms with Crippen LogP contribution in [0.1, 0.15) is 46.5 Å². The Morgan fingerprint density at radius 1 is 1.11 bits per heavy atom. The van der Waals surface area contributed by atoms with E-state index in [1.165, 1.54) is 6.42 Å². The molecule has 0 amide bonds. The Kier molecular flexibility index (Phi) is 3.81. The highest BCUT2D eigenvalue weighted by molar-refractivity contribution is 7.91. The van der Waals surface area contributed by atoms with Crippen LogP contribution in [0.25, 0.3) is 0 Å². The highest BCUT2D eigenvalue weighted by Gasteiger charge is 2.41. The molecule has 0 radical (unpaired) electrons. The van der Waals surface area contributed by atoms with Gasteiger partial charge in [-0.25, -0.2) is 8.42 Å². The van der Waals surface area contributed by atoms with Gasteiger partial charge < -0.3 is 5.73 Å². The zero-order valence-electron chi connectivity index (χ0n) is 11.9. The standard InChI is InChI=1S/C14H27NO2S/c1-14(2,3)11-4-5-13(15)12(8-11)10-6-7-18(16,17)9-10/h10-13H,4-9,15H2,1-3H3. The Labute approximate surface area is 111 Å². The minimum Gasteiger partial charge on any atom is -0.327 e. The fraction of sp³-hybridized carbons (Fsp3) is 1.00. The summed E-state index contributed by atoms with van der Waals surface area (Å²) in [5.41, 5.74) is 6.57. The van der Waals surface area contributed by atoms with Crippen molar-refractivity contribution in [2.24, 2.45) is 28.9 Å². The van der Waals surface area contributed by atoms with Crippen LogP contribution in [0.5, 0.6) is 0 Å². The molecule has 2 rings (SSSR count). The van der Waals surface area contributed by atoms with Gasteiger partial charge in [0.25, 0.3) is 0 Å². The van der Waals surface area contributed by atoms with Crippen LogP contribution in [0.3, 0.4) is 0 Å². The number of hydrogen-bond acceptors (Lipinski definition) is 3. The van der Waals surface area contributed by atoms with Gasteiger partial charge in [0.05, 0.1) is 11.5 Å². The molecule has 4 unspecified atom stereocenters. The van der Waals surface area contributed by atoms with E-state index in [9.17, 15) is 8.42 Å². The number of rotatable bonds is 1. The molecular weight excluding hydrogens is 246 g/mol. The van der Waals surface area contributed by atoms with Crippen LogP contribution in [0.15, 0.2) is 0 Å². The van der Waals surface area contributed by atoms with Gasteiger partial charge in [0.15, 0.2) is 9.84 Å². The van der Waals surface area contributed by atoms with E-state index in [0.717, 1.165) is 19.3 Å². The fourth-order valence-corrected chi connectivity index (χ4v) is 5.61. The van der Waals surface area contributed by atoms with Gasteiger partial charge in [-0.3, -0.25) is 0 Å². The predicted octanol–water partition coefficient (Wildman–Crippen LogP) is 2.21. The molecule has 18 heavy (non-hydrogen) atoms. The monoisotopic (exact) mass is 273 g/mol. The van der Waals surface area contributed by atoms with Crippen molar-refractivity contribution in [1.82, 2.24) is 0 Å². The van der Waals surface area contributed by atoms with E-state index in [1.54, 1.807) is 0 Å². The summed E-state index contributed by atoms with van der Waals surface area (Å²) in [5, 5.41) is 0. The minimum absolute atomic E-state index is 0.210. The van der Waals surface area contributed by atoms with E-state index < -0.39 is 9.84 Å². The number of hydrogen-bond donors (Lipinski definition) is 1. The second-order valence-electron chi connectivity index (χ2n) is 7.37. The van der Waals surface area contributed by atoms with E-state index in [1.807, 2.05) is 0 Å². The lowest BCUT2D eigenvalue weighted by atomic mass is 9.65. The molecule has 2 fully saturated rings. The van der Waals surface area contributed by atoms with E-state index in [0.29, 0.717) is 34.7 Å². The number of nitrogens with two attached hydrogens (primary N) is 1. The molecular formula is C14H27NO2S. The second-order valence-corrected chi connectivity index (χ2v) is 9.60. The van der Waals surface area contributed by atoms with Crippen molar-refractivity contribution in [3.8, 4) is 0 Å². The van der Waals surface area contributed by atoms with Crippen LogP contribution in [-0.4, -0.2) is 26.0 Å². The first-order valence-electron chi connectivity index (χ1n) is 7.15. The van der Waals surface area contributed by atoms with Gasteiger partial charge in [0.1, 0.15) is 0 Å². The maximum atomic E-state index is 11.6. The Bertz CT molecular complexity index is 397. The Morgan fingerprint density at radius 2 is 1.78 bits per heavy atom. The first kappa shape index (κ1) is 14.3. The molecule has 0 aromatic rings. The highest BCUT2D eigenvalue weighted by Crippen LogP contribution is 2.44. The summed E-state index contributed by atoms with van der Waals surface area (Å²) >= 11 is 0. The van der Waals surface area contributed by atoms with Gasteiger partial charge in [-0.2, -0.15) is 0 Å². The third-order valence-corrected chi connectivity index (χ3v) is 6.85. The zero-order valence-corrected chi connectivity index (χ0v) is 12.7. The van der Waals surface area contributed by atoms with E-state index in [-0.39, 0.29) is 6.04 Å².